The smallest absolute Gasteiger partial charge is 0.258 e. The maximum absolute atomic E-state index is 13.4. The van der Waals surface area contributed by atoms with Crippen LogP contribution in [0, 0.1) is 0 Å². The van der Waals surface area contributed by atoms with Crippen LogP contribution >= 0.6 is 0 Å². The van der Waals surface area contributed by atoms with E-state index >= 15 is 0 Å². The SMILES string of the molecule is CCN1CCc2cc(C3c4ccccc4C=CN3C(=O)c3ccccc3)ccc21. The lowest BCUT2D eigenvalue weighted by Crippen LogP contribution is -2.33. The number of carbonyl (C=O) groups is 1. The van der Waals surface area contributed by atoms with E-state index in [9.17, 15) is 4.79 Å². The number of fused-ring (bicyclic) bond motifs is 2. The highest BCUT2D eigenvalue weighted by Gasteiger charge is 2.31. The lowest BCUT2D eigenvalue weighted by Gasteiger charge is -2.34. The van der Waals surface area contributed by atoms with Gasteiger partial charge in [0.1, 0.15) is 0 Å². The van der Waals surface area contributed by atoms with Gasteiger partial charge in [0.05, 0.1) is 6.04 Å². The highest BCUT2D eigenvalue weighted by Crippen LogP contribution is 2.39. The number of amides is 1. The van der Waals surface area contributed by atoms with Crippen molar-refractivity contribution in [1.82, 2.24) is 4.90 Å². The molecule has 0 saturated heterocycles. The second kappa shape index (κ2) is 7.25. The second-order valence-corrected chi connectivity index (χ2v) is 7.64. The molecule has 3 nitrogen and oxygen atoms in total. The van der Waals surface area contributed by atoms with Crippen molar-refractivity contribution in [3.8, 4) is 0 Å². The van der Waals surface area contributed by atoms with Crippen LogP contribution in [0.3, 0.4) is 0 Å². The first-order valence-electron chi connectivity index (χ1n) is 10.3. The summed E-state index contributed by atoms with van der Waals surface area (Å²) in [6, 6.07) is 24.5. The highest BCUT2D eigenvalue weighted by molar-refractivity contribution is 5.96. The fourth-order valence-corrected chi connectivity index (χ4v) is 4.55. The topological polar surface area (TPSA) is 23.6 Å². The Hall–Kier alpha value is -3.33. The first kappa shape index (κ1) is 17.7. The quantitative estimate of drug-likeness (QED) is 0.617. The Kier molecular flexibility index (Phi) is 4.44. The van der Waals surface area contributed by atoms with Crippen molar-refractivity contribution in [2.75, 3.05) is 18.0 Å². The maximum atomic E-state index is 13.4. The molecule has 2 heterocycles. The van der Waals surface area contributed by atoms with Crippen molar-refractivity contribution in [3.63, 3.8) is 0 Å². The summed E-state index contributed by atoms with van der Waals surface area (Å²) < 4.78 is 0. The van der Waals surface area contributed by atoms with Gasteiger partial charge in [-0.1, -0.05) is 54.6 Å². The van der Waals surface area contributed by atoms with Crippen molar-refractivity contribution in [3.05, 3.63) is 107 Å². The zero-order valence-electron chi connectivity index (χ0n) is 16.6. The van der Waals surface area contributed by atoms with Crippen LogP contribution in [0.15, 0.2) is 79.0 Å². The summed E-state index contributed by atoms with van der Waals surface area (Å²) in [7, 11) is 0. The fourth-order valence-electron chi connectivity index (χ4n) is 4.55. The van der Waals surface area contributed by atoms with Gasteiger partial charge in [0.2, 0.25) is 0 Å². The van der Waals surface area contributed by atoms with Crippen LogP contribution in [0.2, 0.25) is 0 Å². The van der Waals surface area contributed by atoms with E-state index in [1.165, 1.54) is 27.9 Å². The molecule has 0 aliphatic carbocycles. The lowest BCUT2D eigenvalue weighted by molar-refractivity contribution is 0.0787. The van der Waals surface area contributed by atoms with Gasteiger partial charge in [0.15, 0.2) is 0 Å². The average molecular weight is 380 g/mol. The van der Waals surface area contributed by atoms with E-state index < -0.39 is 0 Å². The lowest BCUT2D eigenvalue weighted by atomic mass is 9.89. The zero-order valence-corrected chi connectivity index (χ0v) is 16.6. The number of hydrogen-bond acceptors (Lipinski definition) is 2. The van der Waals surface area contributed by atoms with Crippen LogP contribution in [-0.2, 0) is 6.42 Å². The summed E-state index contributed by atoms with van der Waals surface area (Å²) in [5, 5.41) is 0. The molecule has 0 aromatic heterocycles. The summed E-state index contributed by atoms with van der Waals surface area (Å²) in [5.41, 5.74) is 6.93. The van der Waals surface area contributed by atoms with Crippen LogP contribution in [0.1, 0.15) is 45.6 Å². The molecule has 3 aromatic carbocycles. The average Bonchev–Trinajstić information content (AvgIpc) is 3.20. The van der Waals surface area contributed by atoms with Gasteiger partial charge in [-0.05, 0) is 59.9 Å². The number of nitrogens with zero attached hydrogens (tertiary/aromatic N) is 2. The molecule has 0 radical (unpaired) electrons. The van der Waals surface area contributed by atoms with Gasteiger partial charge >= 0.3 is 0 Å². The molecule has 0 fully saturated rings. The number of carbonyl (C=O) groups excluding carboxylic acids is 1. The summed E-state index contributed by atoms with van der Waals surface area (Å²) in [6.07, 6.45) is 5.04. The van der Waals surface area contributed by atoms with Gasteiger partial charge in [0.25, 0.3) is 5.91 Å². The van der Waals surface area contributed by atoms with Crippen LogP contribution in [0.5, 0.6) is 0 Å². The predicted octanol–water partition coefficient (Wildman–Crippen LogP) is 5.29. The van der Waals surface area contributed by atoms with Crippen molar-refractivity contribution in [1.29, 1.82) is 0 Å². The third-order valence-electron chi connectivity index (χ3n) is 6.03. The van der Waals surface area contributed by atoms with Gasteiger partial charge in [-0.2, -0.15) is 0 Å². The van der Waals surface area contributed by atoms with E-state index in [1.807, 2.05) is 47.5 Å². The van der Waals surface area contributed by atoms with Crippen LogP contribution < -0.4 is 4.90 Å². The van der Waals surface area contributed by atoms with Gasteiger partial charge in [-0.15, -0.1) is 0 Å². The van der Waals surface area contributed by atoms with E-state index in [-0.39, 0.29) is 11.9 Å². The Balaban J connectivity index is 1.61. The van der Waals surface area contributed by atoms with E-state index in [4.69, 9.17) is 0 Å². The molecule has 144 valence electrons. The molecule has 2 aliphatic rings. The van der Waals surface area contributed by atoms with Gasteiger partial charge in [-0.25, -0.2) is 0 Å². The molecule has 1 amide bonds. The predicted molar refractivity (Wildman–Crippen MR) is 118 cm³/mol. The van der Waals surface area contributed by atoms with Crippen LogP contribution in [0.4, 0.5) is 5.69 Å². The molecule has 1 unspecified atom stereocenters. The minimum absolute atomic E-state index is 0.0250. The molecule has 1 atom stereocenters. The highest BCUT2D eigenvalue weighted by atomic mass is 16.2. The molecular formula is C26H24N2O. The monoisotopic (exact) mass is 380 g/mol. The third-order valence-corrected chi connectivity index (χ3v) is 6.03. The molecule has 0 bridgehead atoms. The van der Waals surface area contributed by atoms with Gasteiger partial charge in [-0.3, -0.25) is 4.79 Å². The van der Waals surface area contributed by atoms with E-state index in [0.717, 1.165) is 19.5 Å². The summed E-state index contributed by atoms with van der Waals surface area (Å²) in [5.74, 6) is 0.0250. The van der Waals surface area contributed by atoms with Gasteiger partial charge < -0.3 is 9.80 Å². The number of anilines is 1. The minimum atomic E-state index is -0.120. The molecule has 2 aliphatic heterocycles. The fraction of sp³-hybridized carbons (Fsp3) is 0.192. The molecule has 29 heavy (non-hydrogen) atoms. The standard InChI is InChI=1S/C26H24N2O/c1-2-27-16-14-21-18-22(12-13-24(21)27)25-23-11-7-6-8-19(23)15-17-28(25)26(29)20-9-4-3-5-10-20/h3-13,15,17-18,25H,2,14,16H2,1H3. The minimum Gasteiger partial charge on any atom is -0.371 e. The van der Waals surface area contributed by atoms with E-state index in [0.29, 0.717) is 5.56 Å². The maximum Gasteiger partial charge on any atom is 0.258 e. The number of likely N-dealkylation sites (N-methyl/N-ethyl adjacent to an activating group) is 1. The molecule has 5 rings (SSSR count). The first-order chi connectivity index (χ1) is 14.3. The van der Waals surface area contributed by atoms with Gasteiger partial charge in [0, 0.05) is 30.5 Å². The second-order valence-electron chi connectivity index (χ2n) is 7.64. The number of benzene rings is 3. The van der Waals surface area contributed by atoms with Crippen LogP contribution in [0.25, 0.3) is 6.08 Å². The van der Waals surface area contributed by atoms with E-state index in [1.54, 1.807) is 0 Å². The van der Waals surface area contributed by atoms with Crippen molar-refractivity contribution >= 4 is 17.7 Å². The number of rotatable bonds is 3. The molecular weight excluding hydrogens is 356 g/mol. The Morgan fingerprint density at radius 2 is 1.79 bits per heavy atom. The van der Waals surface area contributed by atoms with Crippen LogP contribution in [-0.4, -0.2) is 23.9 Å². The Morgan fingerprint density at radius 3 is 2.62 bits per heavy atom. The Bertz CT molecular complexity index is 1090. The third kappa shape index (κ3) is 3.03. The van der Waals surface area contributed by atoms with E-state index in [2.05, 4.69) is 54.3 Å². The summed E-state index contributed by atoms with van der Waals surface area (Å²) >= 11 is 0. The van der Waals surface area contributed by atoms with Crippen molar-refractivity contribution < 1.29 is 4.79 Å². The summed E-state index contributed by atoms with van der Waals surface area (Å²) in [6.45, 7) is 4.30. The summed E-state index contributed by atoms with van der Waals surface area (Å²) in [4.78, 5) is 17.7. The first-order valence-corrected chi connectivity index (χ1v) is 10.3. The molecule has 0 N–H and O–H groups in total. The largest absolute Gasteiger partial charge is 0.371 e. The Morgan fingerprint density at radius 1 is 1.00 bits per heavy atom. The Labute approximate surface area is 171 Å². The normalized spacial score (nSPS) is 17.2. The molecule has 0 saturated carbocycles. The van der Waals surface area contributed by atoms with Crippen molar-refractivity contribution in [2.45, 2.75) is 19.4 Å². The van der Waals surface area contributed by atoms with Crippen molar-refractivity contribution in [2.24, 2.45) is 0 Å². The molecule has 0 spiro atoms. The number of hydrogen-bond donors (Lipinski definition) is 0. The molecule has 3 heteroatoms. The zero-order chi connectivity index (χ0) is 19.8. The molecule has 3 aromatic rings.